The molecule has 1 unspecified atom stereocenters. The smallest absolute Gasteiger partial charge is 0.350 e. The molecule has 1 atom stereocenters. The highest BCUT2D eigenvalue weighted by atomic mass is 79.9. The van der Waals surface area contributed by atoms with Crippen LogP contribution in [0.1, 0.15) is 32.1 Å². The third-order valence-electron chi connectivity index (χ3n) is 4.64. The number of rotatable bonds is 3. The molecule has 6 nitrogen and oxygen atoms in total. The first kappa shape index (κ1) is 15.6. The molecule has 0 aromatic carbocycles. The minimum Gasteiger partial charge on any atom is -0.350 e. The molecule has 3 heterocycles. The number of hydrogen-bond donors (Lipinski definition) is 3. The van der Waals surface area contributed by atoms with E-state index in [0.717, 1.165) is 51.9 Å². The van der Waals surface area contributed by atoms with Gasteiger partial charge in [-0.05, 0) is 32.1 Å². The van der Waals surface area contributed by atoms with Gasteiger partial charge in [-0.3, -0.25) is 0 Å². The lowest BCUT2D eigenvalue weighted by atomic mass is 10.3. The molecule has 116 valence electrons. The highest BCUT2D eigenvalue weighted by Crippen LogP contribution is 2.69. The predicted molar refractivity (Wildman–Crippen MR) is 82.0 cm³/mol. The number of halogens is 1. The molecule has 3 saturated heterocycles. The largest absolute Gasteiger partial charge is 0.373 e. The lowest BCUT2D eigenvalue weighted by Gasteiger charge is -2.42. The number of nitrogens with zero attached hydrogens (tertiary/aromatic N) is 3. The Kier molecular flexibility index (Phi) is 4.44. The van der Waals surface area contributed by atoms with Crippen LogP contribution in [0.3, 0.4) is 0 Å². The van der Waals surface area contributed by atoms with Crippen molar-refractivity contribution >= 4 is 23.9 Å². The molecule has 3 aliphatic rings. The van der Waals surface area contributed by atoms with Gasteiger partial charge in [0.25, 0.3) is 5.91 Å². The molecule has 0 spiro atoms. The van der Waals surface area contributed by atoms with Crippen LogP contribution in [0, 0.1) is 0 Å². The van der Waals surface area contributed by atoms with Gasteiger partial charge in [0.2, 0.25) is 0 Å². The lowest BCUT2D eigenvalue weighted by molar-refractivity contribution is -0.215. The van der Waals surface area contributed by atoms with Gasteiger partial charge in [-0.2, -0.15) is 4.89 Å². The Balaban J connectivity index is 1.92. The summed E-state index contributed by atoms with van der Waals surface area (Å²) in [7, 11) is -2.80. The fourth-order valence-corrected chi connectivity index (χ4v) is 7.64. The minimum absolute atomic E-state index is 0.410. The zero-order chi connectivity index (χ0) is 14.4. The molecule has 0 aliphatic carbocycles. The summed E-state index contributed by atoms with van der Waals surface area (Å²) in [5.74, 6) is -1.96. The average Bonchev–Trinajstić information content (AvgIpc) is 3.13. The van der Waals surface area contributed by atoms with E-state index in [-0.39, 0.29) is 0 Å². The number of aliphatic hydroxyl groups is 2. The van der Waals surface area contributed by atoms with E-state index in [9.17, 15) is 15.1 Å². The third-order valence-corrected chi connectivity index (χ3v) is 9.17. The number of hydrogen-bond acceptors (Lipinski definition) is 6. The second-order valence-corrected chi connectivity index (χ2v) is 9.72. The first-order valence-electron chi connectivity index (χ1n) is 7.47. The normalized spacial score (nSPS) is 33.3. The standard InChI is InChI=1S/C12H24BrN3O3P/c13-11-5-10-16(12(11,17)18)20(19,14-6-1-2-7-14)15-8-3-4-9-15/h11,17-19H,1-10H2/q+1. The average molecular weight is 369 g/mol. The fourth-order valence-electron chi connectivity index (χ4n) is 3.51. The molecule has 0 aromatic rings. The van der Waals surface area contributed by atoms with E-state index in [2.05, 4.69) is 25.3 Å². The molecular formula is C12H24BrN3O3P+. The Bertz CT molecular complexity index is 346. The summed E-state index contributed by atoms with van der Waals surface area (Å²) < 4.78 is 5.77. The van der Waals surface area contributed by atoms with Gasteiger partial charge in [-0.1, -0.05) is 20.6 Å². The minimum atomic E-state index is -2.80. The first-order valence-corrected chi connectivity index (χ1v) is 9.98. The van der Waals surface area contributed by atoms with Crippen LogP contribution < -0.4 is 0 Å². The summed E-state index contributed by atoms with van der Waals surface area (Å²) in [6, 6.07) is 0. The molecule has 3 rings (SSSR count). The lowest BCUT2D eigenvalue weighted by Crippen LogP contribution is -2.54. The van der Waals surface area contributed by atoms with E-state index in [4.69, 9.17) is 0 Å². The van der Waals surface area contributed by atoms with E-state index in [1.807, 2.05) is 0 Å². The number of alkyl halides is 1. The van der Waals surface area contributed by atoms with Crippen molar-refractivity contribution in [3.05, 3.63) is 0 Å². The molecule has 0 amide bonds. The zero-order valence-electron chi connectivity index (χ0n) is 11.7. The summed E-state index contributed by atoms with van der Waals surface area (Å²) in [6.07, 6.45) is 4.94. The van der Waals surface area contributed by atoms with Crippen LogP contribution in [-0.2, 0) is 0 Å². The molecule has 3 N–H and O–H groups in total. The second-order valence-electron chi connectivity index (χ2n) is 5.92. The van der Waals surface area contributed by atoms with Crippen LogP contribution in [0.4, 0.5) is 0 Å². The van der Waals surface area contributed by atoms with E-state index in [1.54, 1.807) is 4.67 Å². The SMILES string of the molecule is OC1(O)C(Br)CCN1[P+](O)(N1CCCC1)N1CCCC1. The van der Waals surface area contributed by atoms with Gasteiger partial charge in [-0.15, -0.1) is 9.34 Å². The summed E-state index contributed by atoms with van der Waals surface area (Å²) >= 11 is 3.34. The van der Waals surface area contributed by atoms with Crippen molar-refractivity contribution in [1.82, 2.24) is 14.0 Å². The van der Waals surface area contributed by atoms with E-state index in [0.29, 0.717) is 13.0 Å². The third kappa shape index (κ3) is 2.36. The van der Waals surface area contributed by atoms with Gasteiger partial charge in [0.15, 0.2) is 0 Å². The van der Waals surface area contributed by atoms with Gasteiger partial charge in [0, 0.05) is 32.7 Å². The summed E-state index contributed by atoms with van der Waals surface area (Å²) in [4.78, 5) is 11.1. The Morgan fingerprint density at radius 1 is 0.900 bits per heavy atom. The highest BCUT2D eigenvalue weighted by Gasteiger charge is 2.67. The molecule has 0 radical (unpaired) electrons. The Labute approximate surface area is 129 Å². The maximum atomic E-state index is 11.5. The van der Waals surface area contributed by atoms with Crippen molar-refractivity contribution in [1.29, 1.82) is 0 Å². The van der Waals surface area contributed by atoms with Crippen LogP contribution in [0.2, 0.25) is 0 Å². The monoisotopic (exact) mass is 368 g/mol. The van der Waals surface area contributed by atoms with E-state index < -0.39 is 18.7 Å². The maximum absolute atomic E-state index is 11.5. The maximum Gasteiger partial charge on any atom is 0.373 e. The van der Waals surface area contributed by atoms with Crippen LogP contribution in [0.5, 0.6) is 0 Å². The first-order chi connectivity index (χ1) is 9.47. The van der Waals surface area contributed by atoms with Crippen molar-refractivity contribution in [3.63, 3.8) is 0 Å². The molecule has 8 heteroatoms. The molecule has 3 aliphatic heterocycles. The Morgan fingerprint density at radius 2 is 1.35 bits per heavy atom. The van der Waals surface area contributed by atoms with Crippen LogP contribution in [-0.4, -0.2) is 72.6 Å². The fraction of sp³-hybridized carbons (Fsp3) is 1.00. The molecule has 0 aromatic heterocycles. The second kappa shape index (κ2) is 5.70. The zero-order valence-corrected chi connectivity index (χ0v) is 14.1. The molecule has 20 heavy (non-hydrogen) atoms. The van der Waals surface area contributed by atoms with Crippen molar-refractivity contribution < 1.29 is 15.1 Å². The Hall–Kier alpha value is 0.670. The predicted octanol–water partition coefficient (Wildman–Crippen LogP) is 0.955. The topological polar surface area (TPSA) is 70.4 Å². The summed E-state index contributed by atoms with van der Waals surface area (Å²) in [5, 5.41) is 20.9. The van der Waals surface area contributed by atoms with Crippen LogP contribution >= 0.6 is 23.9 Å². The van der Waals surface area contributed by atoms with Crippen molar-refractivity contribution in [2.75, 3.05) is 32.7 Å². The summed E-state index contributed by atoms with van der Waals surface area (Å²) in [5.41, 5.74) is 0. The van der Waals surface area contributed by atoms with Gasteiger partial charge >= 0.3 is 7.94 Å². The Morgan fingerprint density at radius 3 is 1.70 bits per heavy atom. The van der Waals surface area contributed by atoms with Crippen LogP contribution in [0.25, 0.3) is 0 Å². The van der Waals surface area contributed by atoms with Crippen LogP contribution in [0.15, 0.2) is 0 Å². The molecule has 3 fully saturated rings. The van der Waals surface area contributed by atoms with E-state index >= 15 is 0 Å². The summed E-state index contributed by atoms with van der Waals surface area (Å²) in [6.45, 7) is 3.90. The van der Waals surface area contributed by atoms with Gasteiger partial charge in [0.05, 0.1) is 4.83 Å². The molecular weight excluding hydrogens is 345 g/mol. The van der Waals surface area contributed by atoms with Gasteiger partial charge in [0.1, 0.15) is 0 Å². The van der Waals surface area contributed by atoms with Crippen molar-refractivity contribution in [2.45, 2.75) is 42.8 Å². The van der Waals surface area contributed by atoms with Crippen molar-refractivity contribution in [3.8, 4) is 0 Å². The van der Waals surface area contributed by atoms with Crippen molar-refractivity contribution in [2.24, 2.45) is 0 Å². The molecule has 0 saturated carbocycles. The quantitative estimate of drug-likeness (QED) is 0.391. The van der Waals surface area contributed by atoms with E-state index in [1.165, 1.54) is 0 Å². The molecule has 0 bridgehead atoms. The highest BCUT2D eigenvalue weighted by molar-refractivity contribution is 9.09. The van der Waals surface area contributed by atoms with Gasteiger partial charge < -0.3 is 10.2 Å². The van der Waals surface area contributed by atoms with Gasteiger partial charge in [-0.25, -0.2) is 0 Å².